The molecule has 2 nitrogen and oxygen atoms in total. The van der Waals surface area contributed by atoms with E-state index in [9.17, 15) is 0 Å². The van der Waals surface area contributed by atoms with Gasteiger partial charge in [-0.3, -0.25) is 0 Å². The second-order valence-electron chi connectivity index (χ2n) is 4.26. The number of nitrogens with two attached hydrogens (primary N) is 1. The molecule has 1 aromatic heterocycles. The fraction of sp³-hybridized carbons (Fsp3) is 0.385. The Hall–Kier alpha value is -1.28. The van der Waals surface area contributed by atoms with Gasteiger partial charge in [0, 0.05) is 22.9 Å². The van der Waals surface area contributed by atoms with E-state index in [-0.39, 0.29) is 5.41 Å². The van der Waals surface area contributed by atoms with Gasteiger partial charge in [-0.2, -0.15) is 0 Å². The van der Waals surface area contributed by atoms with Gasteiger partial charge >= 0.3 is 0 Å². The van der Waals surface area contributed by atoms with Gasteiger partial charge in [-0.1, -0.05) is 32.0 Å². The van der Waals surface area contributed by atoms with Crippen LogP contribution in [0.15, 0.2) is 34.9 Å². The Balaban J connectivity index is 2.64. The third kappa shape index (κ3) is 1.55. The van der Waals surface area contributed by atoms with Crippen LogP contribution in [0.5, 0.6) is 0 Å². The molecule has 0 aliphatic rings. The average molecular weight is 203 g/mol. The third-order valence-electron chi connectivity index (χ3n) is 3.36. The molecule has 0 saturated heterocycles. The fourth-order valence-corrected chi connectivity index (χ4v) is 1.91. The largest absolute Gasteiger partial charge is 0.464 e. The summed E-state index contributed by atoms with van der Waals surface area (Å²) in [7, 11) is 0. The van der Waals surface area contributed by atoms with Crippen molar-refractivity contribution in [3.05, 3.63) is 36.1 Å². The molecule has 2 aromatic rings. The second-order valence-corrected chi connectivity index (χ2v) is 4.26. The zero-order valence-electron chi connectivity index (χ0n) is 9.29. The van der Waals surface area contributed by atoms with Crippen LogP contribution in [0.1, 0.15) is 25.8 Å². The van der Waals surface area contributed by atoms with E-state index in [2.05, 4.69) is 32.0 Å². The summed E-state index contributed by atoms with van der Waals surface area (Å²) in [6.07, 6.45) is 2.75. The summed E-state index contributed by atoms with van der Waals surface area (Å²) >= 11 is 0. The van der Waals surface area contributed by atoms with E-state index < -0.39 is 0 Å². The highest BCUT2D eigenvalue weighted by molar-refractivity contribution is 5.81. The quantitative estimate of drug-likeness (QED) is 0.832. The summed E-state index contributed by atoms with van der Waals surface area (Å²) in [4.78, 5) is 0. The predicted octanol–water partition coefficient (Wildman–Crippen LogP) is 3.06. The van der Waals surface area contributed by atoms with Crippen LogP contribution in [-0.2, 0) is 5.41 Å². The number of furan rings is 1. The van der Waals surface area contributed by atoms with Gasteiger partial charge in [0.15, 0.2) is 0 Å². The van der Waals surface area contributed by atoms with Crippen LogP contribution in [0.25, 0.3) is 11.0 Å². The summed E-state index contributed by atoms with van der Waals surface area (Å²) in [6.45, 7) is 4.99. The molecule has 1 aromatic carbocycles. The summed E-state index contributed by atoms with van der Waals surface area (Å²) < 4.78 is 5.54. The van der Waals surface area contributed by atoms with Gasteiger partial charge in [0.2, 0.25) is 0 Å². The zero-order valence-corrected chi connectivity index (χ0v) is 9.29. The summed E-state index contributed by atoms with van der Waals surface area (Å²) in [5.41, 5.74) is 8.08. The van der Waals surface area contributed by atoms with E-state index in [0.717, 1.165) is 17.4 Å². The van der Waals surface area contributed by atoms with Crippen molar-refractivity contribution in [2.24, 2.45) is 5.73 Å². The Kier molecular flexibility index (Phi) is 2.53. The SMILES string of the molecule is CCC(C)(CN)c1cccc2ccoc12. The van der Waals surface area contributed by atoms with Crippen LogP contribution in [0.2, 0.25) is 0 Å². The molecule has 80 valence electrons. The Labute approximate surface area is 90.1 Å². The number of benzene rings is 1. The van der Waals surface area contributed by atoms with Crippen molar-refractivity contribution in [1.29, 1.82) is 0 Å². The number of hydrogen-bond acceptors (Lipinski definition) is 2. The van der Waals surface area contributed by atoms with Crippen molar-refractivity contribution >= 4 is 11.0 Å². The maximum absolute atomic E-state index is 5.87. The van der Waals surface area contributed by atoms with Crippen LogP contribution in [0, 0.1) is 0 Å². The number of hydrogen-bond donors (Lipinski definition) is 1. The number of fused-ring (bicyclic) bond motifs is 1. The van der Waals surface area contributed by atoms with E-state index >= 15 is 0 Å². The molecule has 0 aliphatic heterocycles. The van der Waals surface area contributed by atoms with Gasteiger partial charge in [0.25, 0.3) is 0 Å². The molecule has 0 spiro atoms. The van der Waals surface area contributed by atoms with E-state index in [1.54, 1.807) is 6.26 Å². The molecule has 1 unspecified atom stereocenters. The van der Waals surface area contributed by atoms with E-state index in [1.165, 1.54) is 5.56 Å². The zero-order chi connectivity index (χ0) is 10.9. The topological polar surface area (TPSA) is 39.2 Å². The van der Waals surface area contributed by atoms with Crippen molar-refractivity contribution in [3.63, 3.8) is 0 Å². The lowest BCUT2D eigenvalue weighted by atomic mass is 9.79. The lowest BCUT2D eigenvalue weighted by molar-refractivity contribution is 0.461. The molecule has 0 saturated carbocycles. The lowest BCUT2D eigenvalue weighted by Crippen LogP contribution is -2.31. The maximum atomic E-state index is 5.87. The number of rotatable bonds is 3. The van der Waals surface area contributed by atoms with Crippen molar-refractivity contribution in [1.82, 2.24) is 0 Å². The van der Waals surface area contributed by atoms with Crippen LogP contribution in [0.3, 0.4) is 0 Å². The first-order valence-electron chi connectivity index (χ1n) is 5.38. The minimum atomic E-state index is 0.0113. The molecule has 0 aliphatic carbocycles. The van der Waals surface area contributed by atoms with Gasteiger partial charge in [0.05, 0.1) is 6.26 Å². The molecule has 15 heavy (non-hydrogen) atoms. The first-order chi connectivity index (χ1) is 7.21. The lowest BCUT2D eigenvalue weighted by Gasteiger charge is -2.26. The summed E-state index contributed by atoms with van der Waals surface area (Å²) in [6, 6.07) is 8.24. The summed E-state index contributed by atoms with van der Waals surface area (Å²) in [5.74, 6) is 0. The highest BCUT2D eigenvalue weighted by Crippen LogP contribution is 2.32. The molecule has 0 radical (unpaired) electrons. The Morgan fingerprint density at radius 1 is 1.33 bits per heavy atom. The van der Waals surface area contributed by atoms with Crippen LogP contribution < -0.4 is 5.73 Å². The highest BCUT2D eigenvalue weighted by Gasteiger charge is 2.25. The van der Waals surface area contributed by atoms with Gasteiger partial charge in [-0.15, -0.1) is 0 Å². The van der Waals surface area contributed by atoms with Crippen LogP contribution in [0.4, 0.5) is 0 Å². The molecule has 0 amide bonds. The van der Waals surface area contributed by atoms with E-state index in [1.807, 2.05) is 6.07 Å². The molecule has 2 N–H and O–H groups in total. The molecule has 1 atom stereocenters. The van der Waals surface area contributed by atoms with E-state index in [0.29, 0.717) is 6.54 Å². The molecule has 2 rings (SSSR count). The van der Waals surface area contributed by atoms with Gasteiger partial charge in [-0.05, 0) is 12.5 Å². The monoisotopic (exact) mass is 203 g/mol. The van der Waals surface area contributed by atoms with Gasteiger partial charge in [0.1, 0.15) is 5.58 Å². The van der Waals surface area contributed by atoms with Gasteiger partial charge in [-0.25, -0.2) is 0 Å². The second kappa shape index (κ2) is 3.70. The Morgan fingerprint density at radius 3 is 2.80 bits per heavy atom. The molecule has 1 heterocycles. The standard InChI is InChI=1S/C13H17NO/c1-3-13(2,9-14)11-6-4-5-10-7-8-15-12(10)11/h4-8H,3,9,14H2,1-2H3. The molecular formula is C13H17NO. The van der Waals surface area contributed by atoms with Crippen molar-refractivity contribution in [2.45, 2.75) is 25.7 Å². The fourth-order valence-electron chi connectivity index (χ4n) is 1.91. The highest BCUT2D eigenvalue weighted by atomic mass is 16.3. The van der Waals surface area contributed by atoms with E-state index in [4.69, 9.17) is 10.2 Å². The molecule has 2 heteroatoms. The number of para-hydroxylation sites is 1. The average Bonchev–Trinajstić information content (AvgIpc) is 2.75. The maximum Gasteiger partial charge on any atom is 0.137 e. The summed E-state index contributed by atoms with van der Waals surface area (Å²) in [5, 5.41) is 1.15. The molecular weight excluding hydrogens is 186 g/mol. The normalized spacial score (nSPS) is 15.4. The molecule has 0 bridgehead atoms. The van der Waals surface area contributed by atoms with Crippen LogP contribution >= 0.6 is 0 Å². The predicted molar refractivity (Wildman–Crippen MR) is 62.9 cm³/mol. The Morgan fingerprint density at radius 2 is 2.13 bits per heavy atom. The molecule has 0 fully saturated rings. The van der Waals surface area contributed by atoms with Crippen molar-refractivity contribution < 1.29 is 4.42 Å². The van der Waals surface area contributed by atoms with Crippen molar-refractivity contribution in [3.8, 4) is 0 Å². The first-order valence-corrected chi connectivity index (χ1v) is 5.38. The minimum Gasteiger partial charge on any atom is -0.464 e. The first kappa shape index (κ1) is 10.2. The van der Waals surface area contributed by atoms with Crippen LogP contribution in [-0.4, -0.2) is 6.54 Å². The minimum absolute atomic E-state index is 0.0113. The third-order valence-corrected chi connectivity index (χ3v) is 3.36. The van der Waals surface area contributed by atoms with Gasteiger partial charge < -0.3 is 10.2 Å². The van der Waals surface area contributed by atoms with Crippen molar-refractivity contribution in [2.75, 3.05) is 6.54 Å². The smallest absolute Gasteiger partial charge is 0.137 e. The Bertz CT molecular complexity index is 454.